The molecule has 0 bridgehead atoms. The maximum Gasteiger partial charge on any atom is 0.143 e. The lowest BCUT2D eigenvalue weighted by atomic mass is 10.0. The molecule has 4 nitrogen and oxygen atoms in total. The standard InChI is InChI=1S/C12H16N4/c1-8(2)9-4-3-5-10(6-9)15-11-7-14-16-12(11)13/h3-8,15H,1-2H3,(H3,13,14,16). The summed E-state index contributed by atoms with van der Waals surface area (Å²) in [6, 6.07) is 8.29. The van der Waals surface area contributed by atoms with Gasteiger partial charge in [-0.3, -0.25) is 5.10 Å². The Hall–Kier alpha value is -1.97. The molecule has 0 unspecified atom stereocenters. The van der Waals surface area contributed by atoms with Crippen LogP contribution in [0, 0.1) is 0 Å². The van der Waals surface area contributed by atoms with Crippen molar-refractivity contribution in [2.75, 3.05) is 11.1 Å². The number of nitrogens with two attached hydrogens (primary N) is 1. The van der Waals surface area contributed by atoms with Crippen LogP contribution in [0.3, 0.4) is 0 Å². The van der Waals surface area contributed by atoms with Crippen LogP contribution in [0.4, 0.5) is 17.2 Å². The van der Waals surface area contributed by atoms with Gasteiger partial charge in [-0.05, 0) is 23.6 Å². The second kappa shape index (κ2) is 4.26. The molecule has 0 fully saturated rings. The average Bonchev–Trinajstić information content (AvgIpc) is 2.65. The van der Waals surface area contributed by atoms with Gasteiger partial charge in [0.2, 0.25) is 0 Å². The number of nitrogens with one attached hydrogen (secondary N) is 2. The van der Waals surface area contributed by atoms with Crippen molar-refractivity contribution in [3.63, 3.8) is 0 Å². The van der Waals surface area contributed by atoms with Crippen LogP contribution in [0.25, 0.3) is 0 Å². The second-order valence-corrected chi connectivity index (χ2v) is 4.10. The molecule has 4 heteroatoms. The third kappa shape index (κ3) is 2.16. The summed E-state index contributed by atoms with van der Waals surface area (Å²) in [5.41, 5.74) is 8.84. The van der Waals surface area contributed by atoms with Crippen LogP contribution in [0.2, 0.25) is 0 Å². The summed E-state index contributed by atoms with van der Waals surface area (Å²) in [7, 11) is 0. The van der Waals surface area contributed by atoms with E-state index in [1.165, 1.54) is 5.56 Å². The fourth-order valence-corrected chi connectivity index (χ4v) is 1.53. The first-order valence-corrected chi connectivity index (χ1v) is 5.32. The molecule has 0 radical (unpaired) electrons. The monoisotopic (exact) mass is 216 g/mol. The number of hydrogen-bond donors (Lipinski definition) is 3. The van der Waals surface area contributed by atoms with Crippen molar-refractivity contribution in [3.05, 3.63) is 36.0 Å². The third-order valence-corrected chi connectivity index (χ3v) is 2.50. The van der Waals surface area contributed by atoms with Gasteiger partial charge in [-0.2, -0.15) is 5.10 Å². The van der Waals surface area contributed by atoms with Crippen molar-refractivity contribution in [2.45, 2.75) is 19.8 Å². The summed E-state index contributed by atoms with van der Waals surface area (Å²) in [4.78, 5) is 0. The van der Waals surface area contributed by atoms with E-state index in [4.69, 9.17) is 5.73 Å². The van der Waals surface area contributed by atoms with E-state index < -0.39 is 0 Å². The van der Waals surface area contributed by atoms with E-state index in [1.54, 1.807) is 6.20 Å². The molecule has 0 saturated heterocycles. The van der Waals surface area contributed by atoms with E-state index in [9.17, 15) is 0 Å². The van der Waals surface area contributed by atoms with Gasteiger partial charge in [0.05, 0.1) is 6.20 Å². The molecule has 0 atom stereocenters. The molecule has 0 aliphatic rings. The molecule has 2 aromatic rings. The number of nitrogen functional groups attached to an aromatic ring is 1. The maximum atomic E-state index is 5.71. The largest absolute Gasteiger partial charge is 0.382 e. The van der Waals surface area contributed by atoms with Crippen molar-refractivity contribution in [3.8, 4) is 0 Å². The highest BCUT2D eigenvalue weighted by Crippen LogP contribution is 2.23. The van der Waals surface area contributed by atoms with E-state index >= 15 is 0 Å². The van der Waals surface area contributed by atoms with Crippen molar-refractivity contribution >= 4 is 17.2 Å². The number of aromatic amines is 1. The highest BCUT2D eigenvalue weighted by Gasteiger charge is 2.03. The summed E-state index contributed by atoms with van der Waals surface area (Å²) in [5.74, 6) is 1.07. The molecule has 0 spiro atoms. The normalized spacial score (nSPS) is 10.7. The minimum atomic E-state index is 0.517. The number of H-pyrrole nitrogens is 1. The molecular formula is C12H16N4. The molecule has 0 amide bonds. The third-order valence-electron chi connectivity index (χ3n) is 2.50. The zero-order valence-electron chi connectivity index (χ0n) is 9.49. The van der Waals surface area contributed by atoms with Crippen molar-refractivity contribution in [1.29, 1.82) is 0 Å². The second-order valence-electron chi connectivity index (χ2n) is 4.10. The molecule has 0 aliphatic heterocycles. The van der Waals surface area contributed by atoms with Gasteiger partial charge >= 0.3 is 0 Å². The lowest BCUT2D eigenvalue weighted by Gasteiger charge is -2.09. The van der Waals surface area contributed by atoms with Gasteiger partial charge in [-0.15, -0.1) is 0 Å². The molecule has 1 aromatic heterocycles. The number of anilines is 3. The van der Waals surface area contributed by atoms with Crippen LogP contribution < -0.4 is 11.1 Å². The van der Waals surface area contributed by atoms with Crippen LogP contribution in [-0.2, 0) is 0 Å². The van der Waals surface area contributed by atoms with Gasteiger partial charge in [0.15, 0.2) is 0 Å². The van der Waals surface area contributed by atoms with Crippen LogP contribution >= 0.6 is 0 Å². The Morgan fingerprint density at radius 1 is 1.38 bits per heavy atom. The molecule has 0 saturated carbocycles. The van der Waals surface area contributed by atoms with Crippen LogP contribution in [0.5, 0.6) is 0 Å². The molecule has 1 aromatic carbocycles. The molecule has 0 aliphatic carbocycles. The number of nitrogens with zero attached hydrogens (tertiary/aromatic N) is 1. The molecule has 4 N–H and O–H groups in total. The zero-order valence-corrected chi connectivity index (χ0v) is 9.49. The Balaban J connectivity index is 2.22. The Morgan fingerprint density at radius 3 is 2.81 bits per heavy atom. The van der Waals surface area contributed by atoms with E-state index in [-0.39, 0.29) is 0 Å². The van der Waals surface area contributed by atoms with E-state index in [0.717, 1.165) is 11.4 Å². The van der Waals surface area contributed by atoms with Gasteiger partial charge in [0.25, 0.3) is 0 Å². The summed E-state index contributed by atoms with van der Waals surface area (Å²) < 4.78 is 0. The van der Waals surface area contributed by atoms with Gasteiger partial charge in [0, 0.05) is 5.69 Å². The number of aromatic nitrogens is 2. The lowest BCUT2D eigenvalue weighted by Crippen LogP contribution is -1.95. The summed E-state index contributed by atoms with van der Waals surface area (Å²) in [6.45, 7) is 4.34. The highest BCUT2D eigenvalue weighted by molar-refractivity contribution is 5.69. The van der Waals surface area contributed by atoms with Crippen LogP contribution in [0.1, 0.15) is 25.3 Å². The first-order valence-electron chi connectivity index (χ1n) is 5.32. The van der Waals surface area contributed by atoms with Crippen molar-refractivity contribution in [1.82, 2.24) is 10.2 Å². The topological polar surface area (TPSA) is 66.7 Å². The smallest absolute Gasteiger partial charge is 0.143 e. The van der Waals surface area contributed by atoms with E-state index in [1.807, 2.05) is 12.1 Å². The van der Waals surface area contributed by atoms with Crippen LogP contribution in [0.15, 0.2) is 30.5 Å². The summed E-state index contributed by atoms with van der Waals surface area (Å²) in [5, 5.41) is 9.78. The maximum absolute atomic E-state index is 5.71. The summed E-state index contributed by atoms with van der Waals surface area (Å²) >= 11 is 0. The van der Waals surface area contributed by atoms with Gasteiger partial charge in [0.1, 0.15) is 11.5 Å². The zero-order chi connectivity index (χ0) is 11.5. The lowest BCUT2D eigenvalue weighted by molar-refractivity contribution is 0.867. The van der Waals surface area contributed by atoms with Crippen molar-refractivity contribution < 1.29 is 0 Å². The number of rotatable bonds is 3. The fourth-order valence-electron chi connectivity index (χ4n) is 1.53. The van der Waals surface area contributed by atoms with Crippen LogP contribution in [-0.4, -0.2) is 10.2 Å². The Labute approximate surface area is 94.9 Å². The van der Waals surface area contributed by atoms with Gasteiger partial charge in [-0.25, -0.2) is 0 Å². The van der Waals surface area contributed by atoms with E-state index in [2.05, 4.69) is 41.5 Å². The SMILES string of the molecule is CC(C)c1cccc(Nc2cn[nH]c2N)c1. The Bertz CT molecular complexity index is 473. The average molecular weight is 216 g/mol. The van der Waals surface area contributed by atoms with E-state index in [0.29, 0.717) is 11.7 Å². The van der Waals surface area contributed by atoms with Gasteiger partial charge in [-0.1, -0.05) is 26.0 Å². The quantitative estimate of drug-likeness (QED) is 0.739. The Kier molecular flexibility index (Phi) is 2.81. The van der Waals surface area contributed by atoms with Gasteiger partial charge < -0.3 is 11.1 Å². The predicted molar refractivity (Wildman–Crippen MR) is 66.8 cm³/mol. The van der Waals surface area contributed by atoms with Crippen molar-refractivity contribution in [2.24, 2.45) is 0 Å². The molecular weight excluding hydrogens is 200 g/mol. The minimum absolute atomic E-state index is 0.517. The number of hydrogen-bond acceptors (Lipinski definition) is 3. The first kappa shape index (κ1) is 10.5. The summed E-state index contributed by atoms with van der Waals surface area (Å²) in [6.07, 6.45) is 1.68. The molecule has 1 heterocycles. The first-order chi connectivity index (χ1) is 7.66. The minimum Gasteiger partial charge on any atom is -0.382 e. The molecule has 16 heavy (non-hydrogen) atoms. The predicted octanol–water partition coefficient (Wildman–Crippen LogP) is 2.86. The number of benzene rings is 1. The fraction of sp³-hybridized carbons (Fsp3) is 0.250. The molecule has 84 valence electrons. The highest BCUT2D eigenvalue weighted by atomic mass is 15.2. The Morgan fingerprint density at radius 2 is 2.19 bits per heavy atom. The molecule has 2 rings (SSSR count).